The summed E-state index contributed by atoms with van der Waals surface area (Å²) in [4.78, 5) is 5.55. The Bertz CT molecular complexity index is 555. The van der Waals surface area contributed by atoms with Crippen molar-refractivity contribution in [1.29, 1.82) is 0 Å². The lowest BCUT2D eigenvalue weighted by molar-refractivity contribution is 0.405. The van der Waals surface area contributed by atoms with Crippen molar-refractivity contribution >= 4 is 23.3 Å². The van der Waals surface area contributed by atoms with Gasteiger partial charge in [-0.1, -0.05) is 24.8 Å². The van der Waals surface area contributed by atoms with Gasteiger partial charge in [0.1, 0.15) is 11.6 Å². The zero-order chi connectivity index (χ0) is 13.8. The summed E-state index contributed by atoms with van der Waals surface area (Å²) in [6.07, 6.45) is 0.856. The Hall–Kier alpha value is -1.11. The fraction of sp³-hybridized carbons (Fsp3) is 0.385. The van der Waals surface area contributed by atoms with Crippen molar-refractivity contribution in [2.45, 2.75) is 35.5 Å². The van der Waals surface area contributed by atoms with Gasteiger partial charge in [-0.3, -0.25) is 0 Å². The molecule has 4 nitrogen and oxygen atoms in total. The number of aromatic nitrogens is 2. The number of methoxy groups -OCH3 is 1. The lowest BCUT2D eigenvalue weighted by Crippen LogP contribution is -2.08. The molecule has 2 aromatic rings. The third-order valence-corrected chi connectivity index (χ3v) is 4.53. The summed E-state index contributed by atoms with van der Waals surface area (Å²) >= 11 is 3.02. The molecule has 0 saturated heterocycles. The Labute approximate surface area is 121 Å². The third kappa shape index (κ3) is 3.26. The molecule has 2 rings (SSSR count). The summed E-state index contributed by atoms with van der Waals surface area (Å²) in [6, 6.07) is 5.85. The predicted molar refractivity (Wildman–Crippen MR) is 79.0 cm³/mol. The van der Waals surface area contributed by atoms with Crippen LogP contribution in [0.1, 0.15) is 31.3 Å². The third-order valence-electron chi connectivity index (χ3n) is 2.66. The number of hydrogen-bond donors (Lipinski definition) is 1. The number of nitrogens with zero attached hydrogens (tertiary/aromatic N) is 2. The average Bonchev–Trinajstić information content (AvgIpc) is 2.85. The molecule has 2 N–H and O–H groups in total. The summed E-state index contributed by atoms with van der Waals surface area (Å²) in [5, 5.41) is 0. The van der Waals surface area contributed by atoms with E-state index in [1.54, 1.807) is 18.9 Å². The maximum absolute atomic E-state index is 6.05. The first-order chi connectivity index (χ1) is 9.15. The number of aryl methyl sites for hydroxylation is 1. The van der Waals surface area contributed by atoms with Crippen LogP contribution in [-0.2, 0) is 6.42 Å². The molecule has 6 heteroatoms. The highest BCUT2D eigenvalue weighted by Gasteiger charge is 2.15. The van der Waals surface area contributed by atoms with E-state index < -0.39 is 0 Å². The van der Waals surface area contributed by atoms with E-state index in [1.165, 1.54) is 11.5 Å². The van der Waals surface area contributed by atoms with Crippen molar-refractivity contribution in [3.63, 3.8) is 0 Å². The fourth-order valence-corrected chi connectivity index (χ4v) is 3.67. The topological polar surface area (TPSA) is 61.0 Å². The monoisotopic (exact) mass is 295 g/mol. The van der Waals surface area contributed by atoms with Crippen LogP contribution >= 0.6 is 23.3 Å². The number of ether oxygens (including phenoxy) is 1. The van der Waals surface area contributed by atoms with Gasteiger partial charge in [-0.25, -0.2) is 4.98 Å². The highest BCUT2D eigenvalue weighted by molar-refractivity contribution is 8.01. The lowest BCUT2D eigenvalue weighted by Gasteiger charge is -2.15. The van der Waals surface area contributed by atoms with Gasteiger partial charge < -0.3 is 10.5 Å². The molecule has 1 unspecified atom stereocenters. The SMILES string of the molecule is CCc1nsc(Sc2cccc(OC)c2C(C)N)n1. The quantitative estimate of drug-likeness (QED) is 0.917. The Kier molecular flexibility index (Phi) is 4.79. The summed E-state index contributed by atoms with van der Waals surface area (Å²) in [5.74, 6) is 1.71. The summed E-state index contributed by atoms with van der Waals surface area (Å²) in [5.41, 5.74) is 7.07. The maximum atomic E-state index is 6.05. The van der Waals surface area contributed by atoms with Crippen molar-refractivity contribution < 1.29 is 4.74 Å². The molecule has 0 saturated carbocycles. The molecule has 0 spiro atoms. The smallest absolute Gasteiger partial charge is 0.174 e. The second-order valence-corrected chi connectivity index (χ2v) is 6.13. The minimum atomic E-state index is -0.0859. The first-order valence-corrected chi connectivity index (χ1v) is 7.67. The number of hydrogen-bond acceptors (Lipinski definition) is 6. The van der Waals surface area contributed by atoms with Crippen molar-refractivity contribution in [2.24, 2.45) is 5.73 Å². The van der Waals surface area contributed by atoms with Gasteiger partial charge in [0.2, 0.25) is 0 Å². The van der Waals surface area contributed by atoms with Gasteiger partial charge in [-0.05, 0) is 30.6 Å². The normalized spacial score (nSPS) is 12.4. The van der Waals surface area contributed by atoms with E-state index in [9.17, 15) is 0 Å². The highest BCUT2D eigenvalue weighted by Crippen LogP contribution is 2.38. The highest BCUT2D eigenvalue weighted by atomic mass is 32.2. The van der Waals surface area contributed by atoms with E-state index in [0.29, 0.717) is 0 Å². The van der Waals surface area contributed by atoms with Gasteiger partial charge in [-0.15, -0.1) is 0 Å². The van der Waals surface area contributed by atoms with Gasteiger partial charge in [0.15, 0.2) is 4.34 Å². The van der Waals surface area contributed by atoms with Crippen LogP contribution in [0.4, 0.5) is 0 Å². The molecular formula is C13H17N3OS2. The van der Waals surface area contributed by atoms with Crippen LogP contribution in [0.25, 0.3) is 0 Å². The first kappa shape index (κ1) is 14.3. The van der Waals surface area contributed by atoms with Gasteiger partial charge in [0.25, 0.3) is 0 Å². The molecule has 1 heterocycles. The first-order valence-electron chi connectivity index (χ1n) is 6.08. The summed E-state index contributed by atoms with van der Waals surface area (Å²) < 4.78 is 10.6. The van der Waals surface area contributed by atoms with E-state index in [4.69, 9.17) is 10.5 Å². The fourth-order valence-electron chi connectivity index (χ4n) is 1.76. The van der Waals surface area contributed by atoms with E-state index in [0.717, 1.165) is 32.8 Å². The number of rotatable bonds is 5. The van der Waals surface area contributed by atoms with Gasteiger partial charge in [0.05, 0.1) is 7.11 Å². The van der Waals surface area contributed by atoms with Gasteiger partial charge in [-0.2, -0.15) is 4.37 Å². The van der Waals surface area contributed by atoms with Crippen LogP contribution in [0, 0.1) is 0 Å². The molecule has 1 aromatic carbocycles. The Morgan fingerprint density at radius 3 is 2.84 bits per heavy atom. The van der Waals surface area contributed by atoms with Crippen LogP contribution in [0.15, 0.2) is 27.4 Å². The lowest BCUT2D eigenvalue weighted by atomic mass is 10.1. The molecule has 0 fully saturated rings. The molecule has 1 atom stereocenters. The standard InChI is InChI=1S/C13H17N3OS2/c1-4-11-15-13(19-16-11)18-10-7-5-6-9(17-3)12(10)8(2)14/h5-8H,4,14H2,1-3H3. The maximum Gasteiger partial charge on any atom is 0.174 e. The van der Waals surface area contributed by atoms with Crippen molar-refractivity contribution in [3.8, 4) is 5.75 Å². The van der Waals surface area contributed by atoms with Crippen LogP contribution in [-0.4, -0.2) is 16.5 Å². The van der Waals surface area contributed by atoms with Gasteiger partial charge >= 0.3 is 0 Å². The Morgan fingerprint density at radius 2 is 2.26 bits per heavy atom. The molecule has 0 aliphatic heterocycles. The number of benzene rings is 1. The van der Waals surface area contributed by atoms with Crippen molar-refractivity contribution in [3.05, 3.63) is 29.6 Å². The largest absolute Gasteiger partial charge is 0.496 e. The predicted octanol–water partition coefficient (Wildman–Crippen LogP) is 3.28. The molecule has 0 radical (unpaired) electrons. The van der Waals surface area contributed by atoms with Crippen molar-refractivity contribution in [1.82, 2.24) is 9.36 Å². The van der Waals surface area contributed by atoms with Crippen molar-refractivity contribution in [2.75, 3.05) is 7.11 Å². The van der Waals surface area contributed by atoms with Gasteiger partial charge in [0, 0.05) is 22.9 Å². The van der Waals surface area contributed by atoms with E-state index >= 15 is 0 Å². The molecule has 1 aromatic heterocycles. The zero-order valence-corrected chi connectivity index (χ0v) is 12.8. The molecular weight excluding hydrogens is 278 g/mol. The zero-order valence-electron chi connectivity index (χ0n) is 11.2. The van der Waals surface area contributed by atoms with Crippen LogP contribution < -0.4 is 10.5 Å². The van der Waals surface area contributed by atoms with E-state index in [1.807, 2.05) is 25.1 Å². The Balaban J connectivity index is 2.33. The molecule has 19 heavy (non-hydrogen) atoms. The van der Waals surface area contributed by atoms with Crippen LogP contribution in [0.2, 0.25) is 0 Å². The van der Waals surface area contributed by atoms with Crippen LogP contribution in [0.3, 0.4) is 0 Å². The van der Waals surface area contributed by atoms with E-state index in [2.05, 4.69) is 16.3 Å². The Morgan fingerprint density at radius 1 is 1.47 bits per heavy atom. The summed E-state index contributed by atoms with van der Waals surface area (Å²) in [7, 11) is 1.66. The molecule has 0 amide bonds. The molecule has 0 aliphatic carbocycles. The van der Waals surface area contributed by atoms with Crippen LogP contribution in [0.5, 0.6) is 5.75 Å². The second-order valence-electron chi connectivity index (χ2n) is 4.09. The minimum absolute atomic E-state index is 0.0859. The minimum Gasteiger partial charge on any atom is -0.496 e. The average molecular weight is 295 g/mol. The molecule has 0 bridgehead atoms. The molecule has 0 aliphatic rings. The van der Waals surface area contributed by atoms with E-state index in [-0.39, 0.29) is 6.04 Å². The second kappa shape index (κ2) is 6.36. The molecule has 102 valence electrons. The summed E-state index contributed by atoms with van der Waals surface area (Å²) in [6.45, 7) is 4.01. The number of nitrogens with two attached hydrogens (primary N) is 1.